The predicted octanol–water partition coefficient (Wildman–Crippen LogP) is 6.37. The molecule has 1 unspecified atom stereocenters. The molecule has 4 aromatic rings. The second kappa shape index (κ2) is 8.64. The van der Waals surface area contributed by atoms with Crippen LogP contribution in [0.5, 0.6) is 0 Å². The molecule has 2 amide bonds. The van der Waals surface area contributed by atoms with E-state index in [1.54, 1.807) is 6.07 Å². The average Bonchev–Trinajstić information content (AvgIpc) is 3.40. The molecule has 1 aliphatic rings. The second-order valence-corrected chi connectivity index (χ2v) is 11.4. The summed E-state index contributed by atoms with van der Waals surface area (Å²) in [6, 6.07) is 13.0. The highest BCUT2D eigenvalue weighted by atomic mass is 32.1. The number of carbonyl (C=O) groups is 2. The molecule has 3 heterocycles. The second-order valence-electron chi connectivity index (χ2n) is 10.3. The van der Waals surface area contributed by atoms with Gasteiger partial charge in [0.2, 0.25) is 0 Å². The van der Waals surface area contributed by atoms with Gasteiger partial charge in [-0.3, -0.25) is 9.59 Å². The number of amides is 2. The first-order valence-electron chi connectivity index (χ1n) is 11.8. The van der Waals surface area contributed by atoms with Gasteiger partial charge in [-0.25, -0.2) is 4.98 Å². The van der Waals surface area contributed by atoms with Crippen LogP contribution < -0.4 is 11.1 Å². The van der Waals surface area contributed by atoms with Crippen molar-refractivity contribution in [3.63, 3.8) is 0 Å². The van der Waals surface area contributed by atoms with Crippen molar-refractivity contribution in [3.05, 3.63) is 69.8 Å². The maximum atomic E-state index is 13.6. The summed E-state index contributed by atoms with van der Waals surface area (Å²) in [6.45, 7) is 8.62. The molecule has 6 nitrogen and oxygen atoms in total. The van der Waals surface area contributed by atoms with Gasteiger partial charge in [-0.15, -0.1) is 11.3 Å². The molecule has 3 N–H and O–H groups in total. The number of rotatable bonds is 4. The number of benzene rings is 1. The van der Waals surface area contributed by atoms with Gasteiger partial charge < -0.3 is 15.5 Å². The van der Waals surface area contributed by atoms with Crippen LogP contribution in [-0.4, -0.2) is 16.8 Å². The summed E-state index contributed by atoms with van der Waals surface area (Å²) in [5.74, 6) is 1.08. The van der Waals surface area contributed by atoms with Crippen LogP contribution in [-0.2, 0) is 12.8 Å². The molecule has 0 aliphatic heterocycles. The van der Waals surface area contributed by atoms with E-state index in [-0.39, 0.29) is 11.3 Å². The van der Waals surface area contributed by atoms with Crippen molar-refractivity contribution < 1.29 is 14.0 Å². The number of furan rings is 1. The lowest BCUT2D eigenvalue weighted by Gasteiger charge is -2.33. The Morgan fingerprint density at radius 1 is 1.17 bits per heavy atom. The van der Waals surface area contributed by atoms with Gasteiger partial charge in [-0.05, 0) is 67.3 Å². The van der Waals surface area contributed by atoms with Gasteiger partial charge in [0.1, 0.15) is 16.5 Å². The van der Waals surface area contributed by atoms with E-state index in [0.717, 1.165) is 40.8 Å². The third-order valence-electron chi connectivity index (χ3n) is 6.92. The minimum absolute atomic E-state index is 0.175. The van der Waals surface area contributed by atoms with Gasteiger partial charge in [0.05, 0.1) is 16.6 Å². The molecule has 0 saturated heterocycles. The molecule has 7 heteroatoms. The van der Waals surface area contributed by atoms with E-state index in [1.807, 2.05) is 43.3 Å². The number of fused-ring (bicyclic) bond motifs is 2. The Balaban J connectivity index is 1.55. The number of carbonyl (C=O) groups excluding carboxylic acids is 2. The third kappa shape index (κ3) is 4.36. The molecule has 1 aliphatic carbocycles. The monoisotopic (exact) mass is 487 g/mol. The molecule has 0 bridgehead atoms. The summed E-state index contributed by atoms with van der Waals surface area (Å²) in [5, 5.41) is 4.27. The van der Waals surface area contributed by atoms with E-state index in [1.165, 1.54) is 11.3 Å². The zero-order valence-electron chi connectivity index (χ0n) is 20.4. The van der Waals surface area contributed by atoms with E-state index >= 15 is 0 Å². The highest BCUT2D eigenvalue weighted by Crippen LogP contribution is 2.44. The van der Waals surface area contributed by atoms with Crippen molar-refractivity contribution in [1.29, 1.82) is 0 Å². The highest BCUT2D eigenvalue weighted by Gasteiger charge is 2.33. The molecule has 1 aromatic carbocycles. The summed E-state index contributed by atoms with van der Waals surface area (Å²) in [5.41, 5.74) is 9.16. The molecule has 0 spiro atoms. The summed E-state index contributed by atoms with van der Waals surface area (Å²) in [4.78, 5) is 31.9. The molecule has 0 saturated carbocycles. The Morgan fingerprint density at radius 2 is 1.94 bits per heavy atom. The van der Waals surface area contributed by atoms with E-state index in [2.05, 4.69) is 26.1 Å². The molecule has 180 valence electrons. The lowest BCUT2D eigenvalue weighted by molar-refractivity contribution is 0.1000. The topological polar surface area (TPSA) is 98.2 Å². The van der Waals surface area contributed by atoms with Gasteiger partial charge in [0.25, 0.3) is 11.8 Å². The summed E-state index contributed by atoms with van der Waals surface area (Å²) >= 11 is 1.48. The molecule has 5 rings (SSSR count). The maximum absolute atomic E-state index is 13.6. The average molecular weight is 488 g/mol. The fourth-order valence-corrected chi connectivity index (χ4v) is 6.23. The Kier molecular flexibility index (Phi) is 5.75. The number of primary amides is 1. The van der Waals surface area contributed by atoms with Gasteiger partial charge in [-0.2, -0.15) is 0 Å². The number of nitrogens with one attached hydrogen (secondary N) is 1. The van der Waals surface area contributed by atoms with Crippen LogP contribution in [0.3, 0.4) is 0 Å². The minimum atomic E-state index is -0.502. The first-order chi connectivity index (χ1) is 16.6. The van der Waals surface area contributed by atoms with Gasteiger partial charge in [0, 0.05) is 10.3 Å². The van der Waals surface area contributed by atoms with Crippen LogP contribution in [0.4, 0.5) is 5.00 Å². The largest absolute Gasteiger partial charge is 0.460 e. The first-order valence-corrected chi connectivity index (χ1v) is 12.7. The summed E-state index contributed by atoms with van der Waals surface area (Å²) in [7, 11) is 0. The number of hydrogen-bond acceptors (Lipinski definition) is 5. The number of aryl methyl sites for hydroxylation is 1. The quantitative estimate of drug-likeness (QED) is 0.350. The fraction of sp³-hybridized carbons (Fsp3) is 0.321. The zero-order valence-corrected chi connectivity index (χ0v) is 21.2. The van der Waals surface area contributed by atoms with Crippen molar-refractivity contribution in [2.24, 2.45) is 17.1 Å². The van der Waals surface area contributed by atoms with Crippen LogP contribution in [0.25, 0.3) is 22.4 Å². The predicted molar refractivity (Wildman–Crippen MR) is 140 cm³/mol. The SMILES string of the molecule is Cc1ccc(-c2cc(C(=O)Nc3sc4c(c3C(N)=O)CCC(C(C)(C)C)C4)c3ccccc3n2)o1. The Morgan fingerprint density at radius 3 is 2.63 bits per heavy atom. The van der Waals surface area contributed by atoms with Gasteiger partial charge in [0.15, 0.2) is 5.76 Å². The summed E-state index contributed by atoms with van der Waals surface area (Å²) < 4.78 is 5.76. The number of pyridine rings is 1. The van der Waals surface area contributed by atoms with E-state index in [4.69, 9.17) is 15.1 Å². The van der Waals surface area contributed by atoms with Crippen molar-refractivity contribution in [1.82, 2.24) is 4.98 Å². The van der Waals surface area contributed by atoms with E-state index in [0.29, 0.717) is 39.0 Å². The Bertz CT molecular complexity index is 1460. The molecule has 0 radical (unpaired) electrons. The number of nitrogens with two attached hydrogens (primary N) is 1. The third-order valence-corrected chi connectivity index (χ3v) is 8.09. The fourth-order valence-electron chi connectivity index (χ4n) is 4.91. The van der Waals surface area contributed by atoms with E-state index < -0.39 is 5.91 Å². The van der Waals surface area contributed by atoms with Crippen LogP contribution >= 0.6 is 11.3 Å². The number of thiophene rings is 1. The Labute approximate surface area is 208 Å². The Hall–Kier alpha value is -3.45. The maximum Gasteiger partial charge on any atom is 0.257 e. The standard InChI is InChI=1S/C28H29N3O3S/c1-15-9-12-22(34-15)21-14-19(17-7-5-6-8-20(17)30-21)26(33)31-27-24(25(29)32)18-11-10-16(28(2,3)4)13-23(18)35-27/h5-9,12,14,16H,10-11,13H2,1-4H3,(H2,29,32)(H,31,33). The smallest absolute Gasteiger partial charge is 0.257 e. The van der Waals surface area contributed by atoms with Crippen molar-refractivity contribution >= 4 is 39.1 Å². The van der Waals surface area contributed by atoms with Crippen LogP contribution in [0.2, 0.25) is 0 Å². The number of hydrogen-bond donors (Lipinski definition) is 2. The number of anilines is 1. The molecule has 35 heavy (non-hydrogen) atoms. The number of aromatic nitrogens is 1. The number of para-hydroxylation sites is 1. The van der Waals surface area contributed by atoms with Gasteiger partial charge in [-0.1, -0.05) is 39.0 Å². The lowest BCUT2D eigenvalue weighted by Crippen LogP contribution is -2.27. The molecular weight excluding hydrogens is 458 g/mol. The van der Waals surface area contributed by atoms with Crippen LogP contribution in [0.15, 0.2) is 46.9 Å². The molecular formula is C28H29N3O3S. The molecule has 0 fully saturated rings. The summed E-state index contributed by atoms with van der Waals surface area (Å²) in [6.07, 6.45) is 2.68. The first kappa shape index (κ1) is 23.3. The molecule has 1 atom stereocenters. The van der Waals surface area contributed by atoms with Crippen LogP contribution in [0.1, 0.15) is 64.1 Å². The van der Waals surface area contributed by atoms with Crippen molar-refractivity contribution in [2.45, 2.75) is 47.0 Å². The normalized spacial score (nSPS) is 15.7. The van der Waals surface area contributed by atoms with Crippen molar-refractivity contribution in [2.75, 3.05) is 5.32 Å². The van der Waals surface area contributed by atoms with Crippen molar-refractivity contribution in [3.8, 4) is 11.5 Å². The lowest BCUT2D eigenvalue weighted by atomic mass is 9.72. The zero-order chi connectivity index (χ0) is 24.9. The van der Waals surface area contributed by atoms with E-state index in [9.17, 15) is 9.59 Å². The van der Waals surface area contributed by atoms with Crippen LogP contribution in [0, 0.1) is 18.3 Å². The highest BCUT2D eigenvalue weighted by molar-refractivity contribution is 7.17. The molecule has 3 aromatic heterocycles. The van der Waals surface area contributed by atoms with Gasteiger partial charge >= 0.3 is 0 Å². The minimum Gasteiger partial charge on any atom is -0.460 e. The number of nitrogens with zero attached hydrogens (tertiary/aromatic N) is 1.